The second-order valence-electron chi connectivity index (χ2n) is 4.26. The van der Waals surface area contributed by atoms with E-state index in [1.54, 1.807) is 0 Å². The molecule has 0 amide bonds. The Hall–Kier alpha value is -1.47. The number of halogens is 3. The number of hydrogen-bond donors (Lipinski definition) is 1. The molecule has 3 nitrogen and oxygen atoms in total. The van der Waals surface area contributed by atoms with E-state index in [9.17, 15) is 17.2 Å². The Morgan fingerprint density at radius 3 is 2.25 bits per heavy atom. The largest absolute Gasteiger partial charge is 0.399 e. The van der Waals surface area contributed by atoms with Crippen LogP contribution in [-0.4, -0.2) is 8.42 Å². The summed E-state index contributed by atoms with van der Waals surface area (Å²) in [5, 5.41) is 0. The van der Waals surface area contributed by atoms with Gasteiger partial charge < -0.3 is 5.73 Å². The van der Waals surface area contributed by atoms with Crippen LogP contribution in [0.5, 0.6) is 0 Å². The molecule has 0 bridgehead atoms. The number of nitrogen functional groups attached to an aromatic ring is 1. The average molecular weight is 362 g/mol. The van der Waals surface area contributed by atoms with Crippen molar-refractivity contribution < 1.29 is 17.2 Å². The molecule has 20 heavy (non-hydrogen) atoms. The first-order valence-corrected chi connectivity index (χ1v) is 7.94. The molecule has 106 valence electrons. The van der Waals surface area contributed by atoms with Crippen molar-refractivity contribution in [2.24, 2.45) is 0 Å². The third-order valence-electron chi connectivity index (χ3n) is 2.53. The summed E-state index contributed by atoms with van der Waals surface area (Å²) in [5.41, 5.74) is 5.71. The van der Waals surface area contributed by atoms with Crippen LogP contribution in [0.25, 0.3) is 0 Å². The maximum Gasteiger partial charge on any atom is 0.182 e. The van der Waals surface area contributed by atoms with Gasteiger partial charge in [0.05, 0.1) is 10.6 Å². The monoisotopic (exact) mass is 361 g/mol. The lowest BCUT2D eigenvalue weighted by molar-refractivity contribution is 0.589. The van der Waals surface area contributed by atoms with E-state index < -0.39 is 27.2 Å². The molecule has 2 aromatic carbocycles. The zero-order valence-electron chi connectivity index (χ0n) is 10.1. The van der Waals surface area contributed by atoms with Crippen molar-refractivity contribution in [2.75, 3.05) is 5.73 Å². The zero-order chi connectivity index (χ0) is 14.9. The summed E-state index contributed by atoms with van der Waals surface area (Å²) < 4.78 is 51.2. The summed E-state index contributed by atoms with van der Waals surface area (Å²) in [6.45, 7) is 0. The summed E-state index contributed by atoms with van der Waals surface area (Å²) in [4.78, 5) is -0.226. The first-order valence-electron chi connectivity index (χ1n) is 5.50. The molecule has 0 atom stereocenters. The van der Waals surface area contributed by atoms with Gasteiger partial charge in [0.1, 0.15) is 11.6 Å². The predicted octanol–water partition coefficient (Wildman–Crippen LogP) is 3.28. The Balaban J connectivity index is 2.40. The second kappa shape index (κ2) is 5.49. The molecule has 0 saturated carbocycles. The lowest BCUT2D eigenvalue weighted by Gasteiger charge is -2.07. The van der Waals surface area contributed by atoms with E-state index >= 15 is 0 Å². The van der Waals surface area contributed by atoms with E-state index in [2.05, 4.69) is 15.9 Å². The quantitative estimate of drug-likeness (QED) is 0.853. The van der Waals surface area contributed by atoms with Gasteiger partial charge in [-0.15, -0.1) is 0 Å². The topological polar surface area (TPSA) is 60.2 Å². The number of anilines is 1. The minimum Gasteiger partial charge on any atom is -0.399 e. The average Bonchev–Trinajstić information content (AvgIpc) is 2.25. The highest BCUT2D eigenvalue weighted by Gasteiger charge is 2.17. The van der Waals surface area contributed by atoms with Crippen molar-refractivity contribution >= 4 is 31.5 Å². The molecule has 0 fully saturated rings. The smallest absolute Gasteiger partial charge is 0.182 e. The summed E-state index contributed by atoms with van der Waals surface area (Å²) in [5.74, 6) is -1.72. The predicted molar refractivity (Wildman–Crippen MR) is 75.8 cm³/mol. The Morgan fingerprint density at radius 1 is 1.00 bits per heavy atom. The highest BCUT2D eigenvalue weighted by molar-refractivity contribution is 9.10. The normalized spacial score (nSPS) is 11.6. The van der Waals surface area contributed by atoms with Crippen LogP contribution in [-0.2, 0) is 15.6 Å². The highest BCUT2D eigenvalue weighted by atomic mass is 79.9. The third-order valence-corrected chi connectivity index (χ3v) is 4.66. The van der Waals surface area contributed by atoms with Gasteiger partial charge in [-0.3, -0.25) is 0 Å². The van der Waals surface area contributed by atoms with Crippen LogP contribution in [0, 0.1) is 11.6 Å². The minimum absolute atomic E-state index is 0.0176. The Labute approximate surface area is 123 Å². The van der Waals surface area contributed by atoms with Crippen molar-refractivity contribution in [3.63, 3.8) is 0 Å². The summed E-state index contributed by atoms with van der Waals surface area (Å²) in [6.07, 6.45) is 0. The lowest BCUT2D eigenvalue weighted by Crippen LogP contribution is -2.06. The summed E-state index contributed by atoms with van der Waals surface area (Å²) in [7, 11) is -3.80. The standard InChI is InChI=1S/C13H10BrF2NO2S/c14-9-1-8(2-10(15)3-9)7-20(18,19)13-5-11(16)4-12(17)6-13/h1-6H,7,17H2. The molecule has 0 saturated heterocycles. The van der Waals surface area contributed by atoms with Crippen LogP contribution >= 0.6 is 15.9 Å². The maximum absolute atomic E-state index is 13.2. The van der Waals surface area contributed by atoms with E-state index in [0.717, 1.165) is 18.2 Å². The van der Waals surface area contributed by atoms with E-state index in [-0.39, 0.29) is 16.1 Å². The molecule has 0 aliphatic heterocycles. The van der Waals surface area contributed by atoms with Gasteiger partial charge in [-0.2, -0.15) is 0 Å². The fourth-order valence-corrected chi connectivity index (χ4v) is 3.65. The van der Waals surface area contributed by atoms with Gasteiger partial charge in [-0.1, -0.05) is 15.9 Å². The number of benzene rings is 2. The van der Waals surface area contributed by atoms with E-state index in [1.807, 2.05) is 0 Å². The molecule has 7 heteroatoms. The SMILES string of the molecule is Nc1cc(F)cc(S(=O)(=O)Cc2cc(F)cc(Br)c2)c1. The number of nitrogens with two attached hydrogens (primary N) is 1. The van der Waals surface area contributed by atoms with E-state index in [4.69, 9.17) is 5.73 Å². The zero-order valence-corrected chi connectivity index (χ0v) is 12.5. The minimum atomic E-state index is -3.80. The molecule has 2 rings (SSSR count). The molecule has 0 aromatic heterocycles. The second-order valence-corrected chi connectivity index (χ2v) is 7.16. The molecule has 0 heterocycles. The molecule has 0 spiro atoms. The summed E-state index contributed by atoms with van der Waals surface area (Å²) >= 11 is 3.09. The molecule has 0 unspecified atom stereocenters. The van der Waals surface area contributed by atoms with Crippen LogP contribution in [0.15, 0.2) is 45.8 Å². The van der Waals surface area contributed by atoms with Crippen molar-refractivity contribution in [2.45, 2.75) is 10.6 Å². The molecule has 0 radical (unpaired) electrons. The lowest BCUT2D eigenvalue weighted by atomic mass is 10.2. The van der Waals surface area contributed by atoms with E-state index in [0.29, 0.717) is 4.47 Å². The van der Waals surface area contributed by atoms with Gasteiger partial charge in [-0.25, -0.2) is 17.2 Å². The number of sulfone groups is 1. The Bertz CT molecular complexity index is 722. The Morgan fingerprint density at radius 2 is 1.65 bits per heavy atom. The van der Waals surface area contributed by atoms with Crippen molar-refractivity contribution in [3.8, 4) is 0 Å². The van der Waals surface area contributed by atoms with Crippen LogP contribution in [0.2, 0.25) is 0 Å². The van der Waals surface area contributed by atoms with Gasteiger partial charge >= 0.3 is 0 Å². The first-order chi connectivity index (χ1) is 9.26. The molecule has 0 aliphatic rings. The van der Waals surface area contributed by atoms with Gasteiger partial charge in [0, 0.05) is 10.2 Å². The van der Waals surface area contributed by atoms with Crippen LogP contribution in [0.3, 0.4) is 0 Å². The molecule has 2 N–H and O–H groups in total. The first kappa shape index (κ1) is 14.9. The molecular weight excluding hydrogens is 352 g/mol. The van der Waals surface area contributed by atoms with Gasteiger partial charge in [-0.05, 0) is 42.0 Å². The molecule has 0 aliphatic carbocycles. The number of hydrogen-bond acceptors (Lipinski definition) is 3. The van der Waals surface area contributed by atoms with Crippen molar-refractivity contribution in [1.82, 2.24) is 0 Å². The fraction of sp³-hybridized carbons (Fsp3) is 0.0769. The maximum atomic E-state index is 13.2. The van der Waals surface area contributed by atoms with Gasteiger partial charge in [0.15, 0.2) is 9.84 Å². The number of rotatable bonds is 3. The van der Waals surface area contributed by atoms with Crippen molar-refractivity contribution in [3.05, 3.63) is 58.1 Å². The molecule has 2 aromatic rings. The van der Waals surface area contributed by atoms with Crippen LogP contribution < -0.4 is 5.73 Å². The van der Waals surface area contributed by atoms with Gasteiger partial charge in [0.25, 0.3) is 0 Å². The Kier molecular flexibility index (Phi) is 4.10. The van der Waals surface area contributed by atoms with Crippen LogP contribution in [0.4, 0.5) is 14.5 Å². The highest BCUT2D eigenvalue weighted by Crippen LogP contribution is 2.22. The van der Waals surface area contributed by atoms with Crippen molar-refractivity contribution in [1.29, 1.82) is 0 Å². The molecular formula is C13H10BrF2NO2S. The van der Waals surface area contributed by atoms with Crippen LogP contribution in [0.1, 0.15) is 5.56 Å². The summed E-state index contributed by atoms with van der Waals surface area (Å²) in [6, 6.07) is 6.91. The fourth-order valence-electron chi connectivity index (χ4n) is 1.76. The van der Waals surface area contributed by atoms with Gasteiger partial charge in [0.2, 0.25) is 0 Å². The van der Waals surface area contributed by atoms with E-state index in [1.165, 1.54) is 18.2 Å². The third kappa shape index (κ3) is 3.55.